The predicted octanol–water partition coefficient (Wildman–Crippen LogP) is 3.99. The Morgan fingerprint density at radius 2 is 2.10 bits per heavy atom. The van der Waals surface area contributed by atoms with Crippen LogP contribution in [0.5, 0.6) is 11.5 Å². The topological polar surface area (TPSA) is 122 Å². The Bertz CT molecular complexity index is 1040. The van der Waals surface area contributed by atoms with Gasteiger partial charge in [-0.05, 0) is 59.7 Å². The number of ether oxygens (including phenoxy) is 2. The Hall–Kier alpha value is -1.99. The number of rotatable bonds is 8. The number of aryl methyl sites for hydroxylation is 1. The number of benzene rings is 1. The maximum atomic E-state index is 12.9. The second-order valence-corrected chi connectivity index (χ2v) is 9.44. The molecule has 0 unspecified atom stereocenters. The fraction of sp³-hybridized carbons (Fsp3) is 0.316. The average molecular weight is 559 g/mol. The van der Waals surface area contributed by atoms with Crippen molar-refractivity contribution in [2.75, 3.05) is 13.2 Å². The average Bonchev–Trinajstić information content (AvgIpc) is 3.25. The van der Waals surface area contributed by atoms with Crippen LogP contribution in [0.25, 0.3) is 6.08 Å². The van der Waals surface area contributed by atoms with Crippen molar-refractivity contribution in [3.8, 4) is 11.5 Å². The molecule has 2 N–H and O–H groups in total. The molecule has 0 bridgehead atoms. The molecule has 2 heterocycles. The SMILES string of the molecule is CCOc1cc(/C=C2\SC(=N)[C@@H](c3nnc(CC)s3)C2=O)cc(I)c1OCC(=O)O. The molecule has 158 valence electrons. The van der Waals surface area contributed by atoms with Crippen LogP contribution in [0, 0.1) is 8.98 Å². The van der Waals surface area contributed by atoms with Gasteiger partial charge >= 0.3 is 5.97 Å². The van der Waals surface area contributed by atoms with Gasteiger partial charge < -0.3 is 14.6 Å². The number of halogens is 1. The number of carboxylic acids is 1. The molecule has 2 aromatic rings. The monoisotopic (exact) mass is 559 g/mol. The fourth-order valence-electron chi connectivity index (χ4n) is 2.70. The molecular weight excluding hydrogens is 541 g/mol. The highest BCUT2D eigenvalue weighted by atomic mass is 127. The van der Waals surface area contributed by atoms with Crippen molar-refractivity contribution in [1.29, 1.82) is 5.41 Å². The van der Waals surface area contributed by atoms with Gasteiger partial charge in [-0.1, -0.05) is 18.7 Å². The van der Waals surface area contributed by atoms with Gasteiger partial charge in [-0.15, -0.1) is 21.5 Å². The van der Waals surface area contributed by atoms with Gasteiger partial charge in [-0.25, -0.2) is 4.79 Å². The lowest BCUT2D eigenvalue weighted by Gasteiger charge is -2.13. The number of carbonyl (C=O) groups is 2. The lowest BCUT2D eigenvalue weighted by atomic mass is 10.1. The van der Waals surface area contributed by atoms with E-state index >= 15 is 0 Å². The molecular formula is C19H18IN3O5S2. The van der Waals surface area contributed by atoms with Crippen LogP contribution in [0.1, 0.15) is 35.3 Å². The van der Waals surface area contributed by atoms with E-state index in [1.54, 1.807) is 18.2 Å². The third-order valence-electron chi connectivity index (χ3n) is 3.99. The molecule has 8 nitrogen and oxygen atoms in total. The molecule has 0 aliphatic carbocycles. The molecule has 1 aromatic heterocycles. The van der Waals surface area contributed by atoms with Crippen molar-refractivity contribution in [2.45, 2.75) is 26.2 Å². The molecule has 1 aromatic carbocycles. The van der Waals surface area contributed by atoms with Gasteiger partial charge in [0.2, 0.25) is 0 Å². The lowest BCUT2D eigenvalue weighted by Crippen LogP contribution is -2.11. The summed E-state index contributed by atoms with van der Waals surface area (Å²) in [5.74, 6) is -1.22. The number of aliphatic carboxylic acids is 1. The summed E-state index contributed by atoms with van der Waals surface area (Å²) in [7, 11) is 0. The van der Waals surface area contributed by atoms with Gasteiger partial charge in [-0.2, -0.15) is 0 Å². The minimum absolute atomic E-state index is 0.178. The summed E-state index contributed by atoms with van der Waals surface area (Å²) in [6.07, 6.45) is 2.44. The van der Waals surface area contributed by atoms with Crippen LogP contribution >= 0.6 is 45.7 Å². The van der Waals surface area contributed by atoms with Crippen LogP contribution in [0.15, 0.2) is 17.0 Å². The maximum Gasteiger partial charge on any atom is 0.341 e. The molecule has 1 fully saturated rings. The molecule has 1 aliphatic rings. The van der Waals surface area contributed by atoms with E-state index in [0.29, 0.717) is 37.2 Å². The van der Waals surface area contributed by atoms with Crippen LogP contribution in [-0.2, 0) is 16.0 Å². The third-order valence-corrected chi connectivity index (χ3v) is 6.92. The van der Waals surface area contributed by atoms with Gasteiger partial charge in [0.25, 0.3) is 0 Å². The molecule has 3 rings (SSSR count). The zero-order valence-electron chi connectivity index (χ0n) is 16.1. The first-order valence-corrected chi connectivity index (χ1v) is 11.7. The number of Topliss-reactive ketones (excluding diaryl/α,β-unsaturated/α-hetero) is 1. The Balaban J connectivity index is 1.91. The van der Waals surface area contributed by atoms with Crippen molar-refractivity contribution in [3.05, 3.63) is 36.2 Å². The summed E-state index contributed by atoms with van der Waals surface area (Å²) in [5.41, 5.74) is 0.696. The van der Waals surface area contributed by atoms with Crippen LogP contribution in [0.3, 0.4) is 0 Å². The fourth-order valence-corrected chi connectivity index (χ4v) is 5.43. The molecule has 0 radical (unpaired) electrons. The maximum absolute atomic E-state index is 12.9. The van der Waals surface area contributed by atoms with Crippen molar-refractivity contribution in [2.24, 2.45) is 0 Å². The number of carboxylic acid groups (broad SMARTS) is 1. The highest BCUT2D eigenvalue weighted by molar-refractivity contribution is 14.1. The predicted molar refractivity (Wildman–Crippen MR) is 124 cm³/mol. The number of allylic oxidation sites excluding steroid dienone is 1. The number of hydrogen-bond donors (Lipinski definition) is 2. The third kappa shape index (κ3) is 5.01. The molecule has 0 saturated carbocycles. The molecule has 11 heteroatoms. The van der Waals surface area contributed by atoms with Gasteiger partial charge in [-0.3, -0.25) is 10.2 Å². The standard InChI is InChI=1S/C19H18IN3O5S2/c1-3-13-22-23-19(30-13)15-16(26)12(29-18(15)21)7-9-5-10(20)17(28-8-14(24)25)11(6-9)27-4-2/h5-7,15,21H,3-4,8H2,1-2H3,(H,24,25)/b12-7-,21-18?/t15-/m0/s1. The first-order chi connectivity index (χ1) is 14.3. The number of nitrogens with zero attached hydrogens (tertiary/aromatic N) is 2. The summed E-state index contributed by atoms with van der Waals surface area (Å²) in [6, 6.07) is 3.47. The number of nitrogens with one attached hydrogen (secondary N) is 1. The number of ketones is 1. The molecule has 0 amide bonds. The van der Waals surface area contributed by atoms with Crippen molar-refractivity contribution >= 4 is 68.6 Å². The molecule has 30 heavy (non-hydrogen) atoms. The smallest absolute Gasteiger partial charge is 0.341 e. The number of aromatic nitrogens is 2. The van der Waals surface area contributed by atoms with Crippen LogP contribution in [0.2, 0.25) is 0 Å². The number of hydrogen-bond acceptors (Lipinski definition) is 9. The summed E-state index contributed by atoms with van der Waals surface area (Å²) in [4.78, 5) is 24.2. The Labute approximate surface area is 194 Å². The van der Waals surface area contributed by atoms with E-state index in [2.05, 4.69) is 10.2 Å². The van der Waals surface area contributed by atoms with Gasteiger partial charge in [0.05, 0.1) is 20.1 Å². The first-order valence-electron chi connectivity index (χ1n) is 8.99. The lowest BCUT2D eigenvalue weighted by molar-refractivity contribution is -0.139. The Morgan fingerprint density at radius 1 is 1.33 bits per heavy atom. The molecule has 1 saturated heterocycles. The molecule has 1 aliphatic heterocycles. The van der Waals surface area contributed by atoms with Crippen molar-refractivity contribution < 1.29 is 24.2 Å². The largest absolute Gasteiger partial charge is 0.490 e. The molecule has 0 spiro atoms. The van der Waals surface area contributed by atoms with Gasteiger partial charge in [0.15, 0.2) is 23.9 Å². The van der Waals surface area contributed by atoms with Crippen LogP contribution in [-0.4, -0.2) is 45.3 Å². The minimum Gasteiger partial charge on any atom is -0.490 e. The van der Waals surface area contributed by atoms with E-state index < -0.39 is 18.5 Å². The number of thioether (sulfide) groups is 1. The van der Waals surface area contributed by atoms with E-state index in [1.807, 2.05) is 36.4 Å². The van der Waals surface area contributed by atoms with E-state index in [0.717, 1.165) is 23.2 Å². The van der Waals surface area contributed by atoms with E-state index in [-0.39, 0.29) is 10.8 Å². The quantitative estimate of drug-likeness (QED) is 0.368. The number of carbonyl (C=O) groups excluding carboxylic acids is 1. The zero-order chi connectivity index (χ0) is 21.8. The summed E-state index contributed by atoms with van der Waals surface area (Å²) in [5, 5.41) is 26.9. The van der Waals surface area contributed by atoms with Crippen LogP contribution in [0.4, 0.5) is 0 Å². The van der Waals surface area contributed by atoms with Crippen molar-refractivity contribution in [3.63, 3.8) is 0 Å². The Morgan fingerprint density at radius 3 is 2.73 bits per heavy atom. The zero-order valence-corrected chi connectivity index (χ0v) is 19.9. The first kappa shape index (κ1) is 22.7. The van der Waals surface area contributed by atoms with E-state index in [4.69, 9.17) is 20.0 Å². The van der Waals surface area contributed by atoms with E-state index in [9.17, 15) is 9.59 Å². The second-order valence-electron chi connectivity index (χ2n) is 6.11. The summed E-state index contributed by atoms with van der Waals surface area (Å²) in [6.45, 7) is 3.67. The van der Waals surface area contributed by atoms with Crippen molar-refractivity contribution in [1.82, 2.24) is 10.2 Å². The minimum atomic E-state index is -1.08. The van der Waals surface area contributed by atoms with E-state index in [1.165, 1.54) is 11.3 Å². The highest BCUT2D eigenvalue weighted by Gasteiger charge is 2.39. The summed E-state index contributed by atoms with van der Waals surface area (Å²) < 4.78 is 11.6. The summed E-state index contributed by atoms with van der Waals surface area (Å²) >= 11 is 4.51. The van der Waals surface area contributed by atoms with Gasteiger partial charge in [0.1, 0.15) is 15.9 Å². The highest BCUT2D eigenvalue weighted by Crippen LogP contribution is 2.42. The molecule has 1 atom stereocenters. The van der Waals surface area contributed by atoms with Gasteiger partial charge in [0, 0.05) is 0 Å². The van der Waals surface area contributed by atoms with Crippen LogP contribution < -0.4 is 9.47 Å². The Kier molecular flexibility index (Phi) is 7.47. The normalized spacial score (nSPS) is 17.6. The second kappa shape index (κ2) is 9.88.